The number of ether oxygens (including phenoxy) is 2. The van der Waals surface area contributed by atoms with E-state index in [4.69, 9.17) is 13.9 Å². The maximum absolute atomic E-state index is 13.5. The fourth-order valence-corrected chi connectivity index (χ4v) is 3.52. The van der Waals surface area contributed by atoms with E-state index in [1.165, 1.54) is 36.5 Å². The second kappa shape index (κ2) is 11.3. The number of rotatable bonds is 10. The summed E-state index contributed by atoms with van der Waals surface area (Å²) >= 11 is 0. The van der Waals surface area contributed by atoms with E-state index in [2.05, 4.69) is 10.3 Å². The van der Waals surface area contributed by atoms with Crippen LogP contribution in [0.15, 0.2) is 77.5 Å². The molecular weight excluding hydrogens is 467 g/mol. The highest BCUT2D eigenvalue weighted by Crippen LogP contribution is 2.26. The zero-order chi connectivity index (χ0) is 25.5. The fraction of sp³-hybridized carbons (Fsp3) is 0.192. The Balaban J connectivity index is 1.60. The number of hydrogen-bond acceptors (Lipinski definition) is 6. The summed E-state index contributed by atoms with van der Waals surface area (Å²) in [6.07, 6.45) is 3.13. The van der Waals surface area contributed by atoms with Crippen LogP contribution in [0.1, 0.15) is 10.6 Å². The molecule has 0 aliphatic heterocycles. The molecule has 0 saturated heterocycles. The molecule has 2 aromatic heterocycles. The number of benzene rings is 2. The van der Waals surface area contributed by atoms with Crippen molar-refractivity contribution in [1.82, 2.24) is 14.5 Å². The molecule has 0 saturated carbocycles. The van der Waals surface area contributed by atoms with Crippen LogP contribution in [0.25, 0.3) is 16.9 Å². The minimum atomic E-state index is -0.471. The number of carbonyl (C=O) groups is 2. The van der Waals surface area contributed by atoms with Crippen LogP contribution in [0.2, 0.25) is 0 Å². The summed E-state index contributed by atoms with van der Waals surface area (Å²) in [5, 5.41) is 2.77. The molecule has 0 unspecified atom stereocenters. The van der Waals surface area contributed by atoms with E-state index in [0.717, 1.165) is 5.56 Å². The standard InChI is InChI=1S/C26H25FN4O5/c1-34-15-13-30(25(33)23-4-3-14-36-23)17-24(32)29-26-28-22(18-5-11-21(35-2)12-6-18)16-31(26)20-9-7-19(27)8-10-20/h3-12,14,16H,13,15,17H2,1-2H3,(H,28,29,32). The lowest BCUT2D eigenvalue weighted by atomic mass is 10.1. The predicted octanol–water partition coefficient (Wildman–Crippen LogP) is 4.01. The first-order valence-corrected chi connectivity index (χ1v) is 11.1. The Labute approximate surface area is 207 Å². The molecule has 9 nitrogen and oxygen atoms in total. The van der Waals surface area contributed by atoms with Gasteiger partial charge >= 0.3 is 0 Å². The Morgan fingerprint density at radius 2 is 1.83 bits per heavy atom. The van der Waals surface area contributed by atoms with Gasteiger partial charge in [0, 0.05) is 31.1 Å². The summed E-state index contributed by atoms with van der Waals surface area (Å²) in [7, 11) is 3.09. The molecule has 186 valence electrons. The number of furan rings is 1. The number of methoxy groups -OCH3 is 2. The second-order valence-corrected chi connectivity index (χ2v) is 7.77. The minimum absolute atomic E-state index is 0.119. The van der Waals surface area contributed by atoms with Gasteiger partial charge in [0.15, 0.2) is 5.76 Å². The van der Waals surface area contributed by atoms with E-state index in [9.17, 15) is 14.0 Å². The lowest BCUT2D eigenvalue weighted by Crippen LogP contribution is -2.40. The van der Waals surface area contributed by atoms with Crippen molar-refractivity contribution in [2.75, 3.05) is 39.2 Å². The van der Waals surface area contributed by atoms with Crippen molar-refractivity contribution in [3.05, 3.63) is 84.7 Å². The Morgan fingerprint density at radius 1 is 1.08 bits per heavy atom. The largest absolute Gasteiger partial charge is 0.497 e. The van der Waals surface area contributed by atoms with Crippen LogP contribution in [-0.2, 0) is 9.53 Å². The minimum Gasteiger partial charge on any atom is -0.497 e. The van der Waals surface area contributed by atoms with Crippen molar-refractivity contribution < 1.29 is 27.9 Å². The maximum Gasteiger partial charge on any atom is 0.290 e. The van der Waals surface area contributed by atoms with E-state index in [0.29, 0.717) is 17.1 Å². The molecule has 10 heteroatoms. The molecule has 4 aromatic rings. The zero-order valence-corrected chi connectivity index (χ0v) is 19.8. The smallest absolute Gasteiger partial charge is 0.290 e. The molecule has 0 spiro atoms. The van der Waals surface area contributed by atoms with Gasteiger partial charge in [-0.15, -0.1) is 0 Å². The average molecular weight is 493 g/mol. The molecule has 0 fully saturated rings. The van der Waals surface area contributed by atoms with E-state index in [-0.39, 0.29) is 37.2 Å². The quantitative estimate of drug-likeness (QED) is 0.359. The first kappa shape index (κ1) is 24.7. The maximum atomic E-state index is 13.5. The number of nitrogens with zero attached hydrogens (tertiary/aromatic N) is 3. The highest BCUT2D eigenvalue weighted by atomic mass is 19.1. The molecular formula is C26H25FN4O5. The fourth-order valence-electron chi connectivity index (χ4n) is 3.52. The molecule has 36 heavy (non-hydrogen) atoms. The highest BCUT2D eigenvalue weighted by Gasteiger charge is 2.22. The normalized spacial score (nSPS) is 10.8. The van der Waals surface area contributed by atoms with Crippen LogP contribution < -0.4 is 10.1 Å². The van der Waals surface area contributed by atoms with Gasteiger partial charge in [-0.3, -0.25) is 19.5 Å². The number of halogens is 1. The van der Waals surface area contributed by atoms with E-state index in [1.54, 1.807) is 48.2 Å². The number of hydrogen-bond donors (Lipinski definition) is 1. The number of anilines is 1. The van der Waals surface area contributed by atoms with E-state index >= 15 is 0 Å². The Kier molecular flexibility index (Phi) is 7.76. The van der Waals surface area contributed by atoms with Gasteiger partial charge in [-0.25, -0.2) is 9.37 Å². The Morgan fingerprint density at radius 3 is 2.47 bits per heavy atom. The van der Waals surface area contributed by atoms with Crippen molar-refractivity contribution in [1.29, 1.82) is 0 Å². The van der Waals surface area contributed by atoms with Crippen LogP contribution in [0.4, 0.5) is 10.3 Å². The summed E-state index contributed by atoms with van der Waals surface area (Å²) in [4.78, 5) is 31.7. The van der Waals surface area contributed by atoms with Crippen LogP contribution in [-0.4, -0.2) is 60.2 Å². The summed E-state index contributed by atoms with van der Waals surface area (Å²) in [6.45, 7) is 0.176. The zero-order valence-electron chi connectivity index (χ0n) is 19.8. The lowest BCUT2D eigenvalue weighted by Gasteiger charge is -2.20. The molecule has 0 bridgehead atoms. The molecule has 2 aromatic carbocycles. The van der Waals surface area contributed by atoms with E-state index in [1.807, 2.05) is 12.1 Å². The van der Waals surface area contributed by atoms with Gasteiger partial charge in [0.1, 0.15) is 18.1 Å². The van der Waals surface area contributed by atoms with Gasteiger partial charge in [0.05, 0.1) is 25.7 Å². The third kappa shape index (κ3) is 5.78. The molecule has 4 rings (SSSR count). The third-order valence-corrected chi connectivity index (χ3v) is 5.37. The van der Waals surface area contributed by atoms with E-state index < -0.39 is 11.8 Å². The number of amides is 2. The van der Waals surface area contributed by atoms with Gasteiger partial charge in [0.2, 0.25) is 11.9 Å². The number of carbonyl (C=O) groups excluding carboxylic acids is 2. The number of nitrogens with one attached hydrogen (secondary N) is 1. The van der Waals surface area contributed by atoms with Crippen LogP contribution >= 0.6 is 0 Å². The molecule has 0 radical (unpaired) electrons. The first-order chi connectivity index (χ1) is 17.5. The number of aromatic nitrogens is 2. The third-order valence-electron chi connectivity index (χ3n) is 5.37. The van der Waals surface area contributed by atoms with Crippen molar-refractivity contribution in [2.45, 2.75) is 0 Å². The van der Waals surface area contributed by atoms with Gasteiger partial charge in [-0.05, 0) is 60.7 Å². The van der Waals surface area contributed by atoms with Gasteiger partial charge < -0.3 is 18.8 Å². The van der Waals surface area contributed by atoms with Crippen molar-refractivity contribution in [3.8, 4) is 22.7 Å². The predicted molar refractivity (Wildman–Crippen MR) is 131 cm³/mol. The van der Waals surface area contributed by atoms with Crippen LogP contribution in [0.5, 0.6) is 5.75 Å². The summed E-state index contributed by atoms with van der Waals surface area (Å²) < 4.78 is 30.7. The summed E-state index contributed by atoms with van der Waals surface area (Å²) in [6, 6.07) is 16.2. The SMILES string of the molecule is COCCN(CC(=O)Nc1nc(-c2ccc(OC)cc2)cn1-c1ccc(F)cc1)C(=O)c1ccco1. The number of imidazole rings is 1. The molecule has 0 aliphatic carbocycles. The highest BCUT2D eigenvalue weighted by molar-refractivity contribution is 5.97. The average Bonchev–Trinajstić information content (AvgIpc) is 3.57. The van der Waals surface area contributed by atoms with Crippen LogP contribution in [0, 0.1) is 5.82 Å². The summed E-state index contributed by atoms with van der Waals surface area (Å²) in [5.74, 6) is -0.259. The molecule has 2 amide bonds. The lowest BCUT2D eigenvalue weighted by molar-refractivity contribution is -0.117. The Bertz CT molecular complexity index is 1300. The molecule has 0 atom stereocenters. The van der Waals surface area contributed by atoms with Gasteiger partial charge in [0.25, 0.3) is 5.91 Å². The van der Waals surface area contributed by atoms with Gasteiger partial charge in [-0.2, -0.15) is 0 Å². The van der Waals surface area contributed by atoms with Crippen molar-refractivity contribution in [2.24, 2.45) is 0 Å². The first-order valence-electron chi connectivity index (χ1n) is 11.1. The molecule has 0 aliphatic rings. The van der Waals surface area contributed by atoms with Crippen molar-refractivity contribution in [3.63, 3.8) is 0 Å². The molecule has 1 N–H and O–H groups in total. The molecule has 2 heterocycles. The topological polar surface area (TPSA) is 98.8 Å². The van der Waals surface area contributed by atoms with Crippen LogP contribution in [0.3, 0.4) is 0 Å². The second-order valence-electron chi connectivity index (χ2n) is 7.77. The van der Waals surface area contributed by atoms with Gasteiger partial charge in [-0.1, -0.05) is 0 Å². The van der Waals surface area contributed by atoms with Crippen molar-refractivity contribution >= 4 is 17.8 Å². The monoisotopic (exact) mass is 492 g/mol. The Hall–Kier alpha value is -4.44. The summed E-state index contributed by atoms with van der Waals surface area (Å²) in [5.41, 5.74) is 1.98.